The van der Waals surface area contributed by atoms with Gasteiger partial charge in [0.2, 0.25) is 0 Å². The second kappa shape index (κ2) is 7.50. The predicted molar refractivity (Wildman–Crippen MR) is 88.4 cm³/mol. The van der Waals surface area contributed by atoms with E-state index in [1.807, 2.05) is 0 Å². The van der Waals surface area contributed by atoms with Gasteiger partial charge in [-0.05, 0) is 35.4 Å². The van der Waals surface area contributed by atoms with Gasteiger partial charge >= 0.3 is 0 Å². The van der Waals surface area contributed by atoms with E-state index in [1.165, 1.54) is 23.1 Å². The third-order valence-electron chi connectivity index (χ3n) is 3.90. The summed E-state index contributed by atoms with van der Waals surface area (Å²) < 4.78 is 0. The van der Waals surface area contributed by atoms with Gasteiger partial charge in [-0.15, -0.1) is 11.6 Å². The van der Waals surface area contributed by atoms with Gasteiger partial charge in [-0.2, -0.15) is 0 Å². The first-order valence-corrected chi connectivity index (χ1v) is 7.89. The van der Waals surface area contributed by atoms with Crippen LogP contribution in [-0.4, -0.2) is 0 Å². The first-order chi connectivity index (χ1) is 9.69. The van der Waals surface area contributed by atoms with Crippen molar-refractivity contribution in [3.05, 3.63) is 71.3 Å². The average molecular weight is 287 g/mol. The number of hydrogen-bond acceptors (Lipinski definition) is 0. The molecule has 0 N–H and O–H groups in total. The molecule has 0 saturated heterocycles. The highest BCUT2D eigenvalue weighted by Crippen LogP contribution is 2.29. The molecule has 0 nitrogen and oxygen atoms in total. The Balaban J connectivity index is 1.99. The summed E-state index contributed by atoms with van der Waals surface area (Å²) in [5.74, 6) is 0.682. The molecule has 2 rings (SSSR count). The lowest BCUT2D eigenvalue weighted by atomic mass is 9.97. The Morgan fingerprint density at radius 1 is 0.900 bits per heavy atom. The molecule has 2 aromatic rings. The molecule has 0 aromatic heterocycles. The molecule has 0 aliphatic carbocycles. The Morgan fingerprint density at radius 2 is 1.50 bits per heavy atom. The van der Waals surface area contributed by atoms with Gasteiger partial charge < -0.3 is 0 Å². The van der Waals surface area contributed by atoms with E-state index in [0.29, 0.717) is 5.92 Å². The molecule has 2 atom stereocenters. The maximum Gasteiger partial charge on any atom is 0.0587 e. The minimum absolute atomic E-state index is 0.135. The number of benzene rings is 2. The van der Waals surface area contributed by atoms with Gasteiger partial charge in [0.1, 0.15) is 0 Å². The molecule has 0 bridgehead atoms. The van der Waals surface area contributed by atoms with Crippen LogP contribution in [0, 0.1) is 5.92 Å². The Hall–Kier alpha value is -1.27. The summed E-state index contributed by atoms with van der Waals surface area (Å²) in [5, 5.41) is 0.135. The number of alkyl halides is 1. The van der Waals surface area contributed by atoms with Gasteiger partial charge in [0, 0.05) is 0 Å². The van der Waals surface area contributed by atoms with Crippen LogP contribution in [0.15, 0.2) is 54.6 Å². The Bertz CT molecular complexity index is 501. The van der Waals surface area contributed by atoms with Crippen molar-refractivity contribution in [2.45, 2.75) is 38.5 Å². The fourth-order valence-electron chi connectivity index (χ4n) is 2.33. The number of halogens is 1. The van der Waals surface area contributed by atoms with Crippen molar-refractivity contribution < 1.29 is 0 Å². The molecule has 2 unspecified atom stereocenters. The van der Waals surface area contributed by atoms with Crippen LogP contribution >= 0.6 is 11.6 Å². The van der Waals surface area contributed by atoms with Gasteiger partial charge in [-0.3, -0.25) is 0 Å². The summed E-state index contributed by atoms with van der Waals surface area (Å²) in [6.07, 6.45) is 3.23. The largest absolute Gasteiger partial charge is 0.118 e. The fraction of sp³-hybridized carbons (Fsp3) is 0.368. The molecule has 2 aromatic carbocycles. The van der Waals surface area contributed by atoms with E-state index in [-0.39, 0.29) is 5.38 Å². The zero-order valence-electron chi connectivity index (χ0n) is 12.4. The summed E-state index contributed by atoms with van der Waals surface area (Å²) in [7, 11) is 0. The summed E-state index contributed by atoms with van der Waals surface area (Å²) >= 11 is 6.49. The van der Waals surface area contributed by atoms with Crippen molar-refractivity contribution in [1.29, 1.82) is 0 Å². The van der Waals surface area contributed by atoms with Gasteiger partial charge in [-0.25, -0.2) is 0 Å². The molecule has 0 radical (unpaired) electrons. The van der Waals surface area contributed by atoms with Gasteiger partial charge in [0.25, 0.3) is 0 Å². The number of hydrogen-bond donors (Lipinski definition) is 0. The highest BCUT2D eigenvalue weighted by Gasteiger charge is 2.11. The molecule has 0 saturated carbocycles. The third kappa shape index (κ3) is 4.38. The quantitative estimate of drug-likeness (QED) is 0.572. The van der Waals surface area contributed by atoms with E-state index in [9.17, 15) is 0 Å². The minimum Gasteiger partial charge on any atom is -0.118 e. The van der Waals surface area contributed by atoms with Crippen molar-refractivity contribution in [3.8, 4) is 0 Å². The number of rotatable bonds is 6. The standard InChI is InChI=1S/C19H23Cl/c1-3-15(2)13-19(20)18-11-9-17(10-12-18)14-16-7-5-4-6-8-16/h4-12,15,19H,3,13-14H2,1-2H3. The van der Waals surface area contributed by atoms with Crippen molar-refractivity contribution >= 4 is 11.6 Å². The second-order valence-electron chi connectivity index (χ2n) is 5.62. The maximum absolute atomic E-state index is 6.49. The first-order valence-electron chi connectivity index (χ1n) is 7.46. The van der Waals surface area contributed by atoms with Crippen molar-refractivity contribution in [1.82, 2.24) is 0 Å². The Morgan fingerprint density at radius 3 is 2.10 bits per heavy atom. The lowest BCUT2D eigenvalue weighted by molar-refractivity contribution is 0.508. The van der Waals surface area contributed by atoms with Crippen LogP contribution in [0.5, 0.6) is 0 Å². The normalized spacial score (nSPS) is 13.9. The van der Waals surface area contributed by atoms with E-state index < -0.39 is 0 Å². The molecule has 0 aliphatic heterocycles. The van der Waals surface area contributed by atoms with Crippen LogP contribution in [0.1, 0.15) is 48.8 Å². The smallest absolute Gasteiger partial charge is 0.0587 e. The molecule has 0 amide bonds. The van der Waals surface area contributed by atoms with Crippen LogP contribution in [0.3, 0.4) is 0 Å². The minimum atomic E-state index is 0.135. The highest BCUT2D eigenvalue weighted by molar-refractivity contribution is 6.20. The van der Waals surface area contributed by atoms with E-state index in [2.05, 4.69) is 68.4 Å². The molecule has 0 fully saturated rings. The lowest BCUT2D eigenvalue weighted by Gasteiger charge is -2.14. The van der Waals surface area contributed by atoms with Crippen LogP contribution in [0.25, 0.3) is 0 Å². The van der Waals surface area contributed by atoms with Crippen LogP contribution in [0.4, 0.5) is 0 Å². The Kier molecular flexibility index (Phi) is 5.67. The van der Waals surface area contributed by atoms with Crippen LogP contribution < -0.4 is 0 Å². The van der Waals surface area contributed by atoms with E-state index >= 15 is 0 Å². The predicted octanol–water partition coefficient (Wildman–Crippen LogP) is 5.99. The summed E-state index contributed by atoms with van der Waals surface area (Å²) in [6.45, 7) is 4.48. The third-order valence-corrected chi connectivity index (χ3v) is 4.33. The molecule has 0 aliphatic rings. The SMILES string of the molecule is CCC(C)CC(Cl)c1ccc(Cc2ccccc2)cc1. The molecule has 20 heavy (non-hydrogen) atoms. The monoisotopic (exact) mass is 286 g/mol. The van der Waals surface area contributed by atoms with Crippen molar-refractivity contribution in [2.75, 3.05) is 0 Å². The van der Waals surface area contributed by atoms with E-state index in [1.54, 1.807) is 0 Å². The topological polar surface area (TPSA) is 0 Å². The van der Waals surface area contributed by atoms with Gasteiger partial charge in [0.15, 0.2) is 0 Å². The molecular weight excluding hydrogens is 264 g/mol. The second-order valence-corrected chi connectivity index (χ2v) is 6.15. The molecule has 0 heterocycles. The van der Waals surface area contributed by atoms with Crippen LogP contribution in [0.2, 0.25) is 0 Å². The molecule has 0 spiro atoms. The highest BCUT2D eigenvalue weighted by atomic mass is 35.5. The summed E-state index contributed by atoms with van der Waals surface area (Å²) in [4.78, 5) is 0. The fourth-order valence-corrected chi connectivity index (χ4v) is 2.78. The lowest BCUT2D eigenvalue weighted by Crippen LogP contribution is -1.99. The summed E-state index contributed by atoms with van der Waals surface area (Å²) in [6, 6.07) is 19.3. The zero-order chi connectivity index (χ0) is 14.4. The van der Waals surface area contributed by atoms with E-state index in [0.717, 1.165) is 12.8 Å². The van der Waals surface area contributed by atoms with Gasteiger partial charge in [0.05, 0.1) is 5.38 Å². The van der Waals surface area contributed by atoms with Crippen molar-refractivity contribution in [2.24, 2.45) is 5.92 Å². The average Bonchev–Trinajstić information content (AvgIpc) is 2.49. The van der Waals surface area contributed by atoms with Crippen molar-refractivity contribution in [3.63, 3.8) is 0 Å². The Labute approximate surface area is 127 Å². The maximum atomic E-state index is 6.49. The molecule has 1 heteroatoms. The first kappa shape index (κ1) is 15.1. The molecule has 106 valence electrons. The van der Waals surface area contributed by atoms with E-state index in [4.69, 9.17) is 11.6 Å². The summed E-state index contributed by atoms with van der Waals surface area (Å²) in [5.41, 5.74) is 3.93. The van der Waals surface area contributed by atoms with Gasteiger partial charge in [-0.1, -0.05) is 74.9 Å². The zero-order valence-corrected chi connectivity index (χ0v) is 13.1. The van der Waals surface area contributed by atoms with Crippen LogP contribution in [-0.2, 0) is 6.42 Å². The molecular formula is C19H23Cl.